The van der Waals surface area contributed by atoms with Crippen molar-refractivity contribution >= 4 is 5.78 Å². The standard InChI is InChI=1S/C11H12O/c12-11(10-7-8-10)9-5-3-1-2-4-6-9/h1-6,9-10H,7-8H2. The van der Waals surface area contributed by atoms with Gasteiger partial charge in [-0.1, -0.05) is 36.5 Å². The summed E-state index contributed by atoms with van der Waals surface area (Å²) in [4.78, 5) is 11.6. The summed E-state index contributed by atoms with van der Waals surface area (Å²) in [6, 6.07) is 0. The van der Waals surface area contributed by atoms with E-state index in [9.17, 15) is 4.79 Å². The van der Waals surface area contributed by atoms with E-state index in [1.165, 1.54) is 0 Å². The molecule has 0 saturated heterocycles. The second-order valence-corrected chi connectivity index (χ2v) is 3.36. The highest BCUT2D eigenvalue weighted by atomic mass is 16.1. The summed E-state index contributed by atoms with van der Waals surface area (Å²) in [6.07, 6.45) is 14.0. The quantitative estimate of drug-likeness (QED) is 0.605. The van der Waals surface area contributed by atoms with Gasteiger partial charge in [0.05, 0.1) is 5.92 Å². The average molecular weight is 160 g/mol. The van der Waals surface area contributed by atoms with E-state index in [4.69, 9.17) is 0 Å². The molecule has 0 aromatic rings. The van der Waals surface area contributed by atoms with Gasteiger partial charge in [-0.25, -0.2) is 0 Å². The van der Waals surface area contributed by atoms with Gasteiger partial charge in [-0.3, -0.25) is 4.79 Å². The van der Waals surface area contributed by atoms with Crippen molar-refractivity contribution in [1.29, 1.82) is 0 Å². The van der Waals surface area contributed by atoms with E-state index in [-0.39, 0.29) is 5.92 Å². The molecule has 12 heavy (non-hydrogen) atoms. The Balaban J connectivity index is 2.07. The van der Waals surface area contributed by atoms with Crippen LogP contribution in [0.5, 0.6) is 0 Å². The molecule has 0 unspecified atom stereocenters. The molecule has 0 radical (unpaired) electrons. The van der Waals surface area contributed by atoms with E-state index >= 15 is 0 Å². The molecule has 0 spiro atoms. The molecule has 0 atom stereocenters. The van der Waals surface area contributed by atoms with Crippen molar-refractivity contribution in [3.63, 3.8) is 0 Å². The molecular weight excluding hydrogens is 148 g/mol. The molecule has 0 aromatic heterocycles. The first-order valence-corrected chi connectivity index (χ1v) is 4.43. The Morgan fingerprint density at radius 3 is 2.08 bits per heavy atom. The molecule has 0 N–H and O–H groups in total. The lowest BCUT2D eigenvalue weighted by atomic mass is 10.00. The van der Waals surface area contributed by atoms with E-state index in [0.717, 1.165) is 12.8 Å². The van der Waals surface area contributed by atoms with Gasteiger partial charge in [0.25, 0.3) is 0 Å². The first-order chi connectivity index (χ1) is 5.88. The fourth-order valence-corrected chi connectivity index (χ4v) is 1.39. The SMILES string of the molecule is O=C(C1C=CC=CC=C1)C1CC1. The lowest BCUT2D eigenvalue weighted by Gasteiger charge is -2.03. The van der Waals surface area contributed by atoms with Crippen molar-refractivity contribution in [1.82, 2.24) is 0 Å². The van der Waals surface area contributed by atoms with Crippen LogP contribution >= 0.6 is 0 Å². The van der Waals surface area contributed by atoms with Crippen molar-refractivity contribution in [3.8, 4) is 0 Å². The maximum atomic E-state index is 11.6. The first-order valence-electron chi connectivity index (χ1n) is 4.43. The zero-order valence-electron chi connectivity index (χ0n) is 6.94. The molecule has 1 saturated carbocycles. The molecule has 2 aliphatic rings. The highest BCUT2D eigenvalue weighted by Gasteiger charge is 2.32. The topological polar surface area (TPSA) is 17.1 Å². The number of allylic oxidation sites excluding steroid dienone is 6. The Hall–Kier alpha value is -1.11. The summed E-state index contributed by atoms with van der Waals surface area (Å²) in [5.41, 5.74) is 0. The third-order valence-corrected chi connectivity index (χ3v) is 2.28. The molecule has 1 fully saturated rings. The molecule has 0 aliphatic heterocycles. The van der Waals surface area contributed by atoms with Crippen LogP contribution in [0.1, 0.15) is 12.8 Å². The minimum Gasteiger partial charge on any atom is -0.298 e. The van der Waals surface area contributed by atoms with Crippen LogP contribution in [0.25, 0.3) is 0 Å². The van der Waals surface area contributed by atoms with Crippen LogP contribution < -0.4 is 0 Å². The van der Waals surface area contributed by atoms with Gasteiger partial charge in [0.2, 0.25) is 0 Å². The number of rotatable bonds is 2. The monoisotopic (exact) mass is 160 g/mol. The molecule has 0 bridgehead atoms. The molecule has 0 amide bonds. The number of carbonyl (C=O) groups excluding carboxylic acids is 1. The number of Topliss-reactive ketones (excluding diaryl/α,β-unsaturated/α-hetero) is 1. The van der Waals surface area contributed by atoms with E-state index in [2.05, 4.69) is 0 Å². The molecule has 2 aliphatic carbocycles. The van der Waals surface area contributed by atoms with Gasteiger partial charge in [-0.2, -0.15) is 0 Å². The van der Waals surface area contributed by atoms with Gasteiger partial charge < -0.3 is 0 Å². The highest BCUT2D eigenvalue weighted by Crippen LogP contribution is 2.33. The molecule has 0 aromatic carbocycles. The molecule has 62 valence electrons. The summed E-state index contributed by atoms with van der Waals surface area (Å²) in [5.74, 6) is 0.793. The number of ketones is 1. The van der Waals surface area contributed by atoms with Gasteiger partial charge in [0, 0.05) is 5.92 Å². The smallest absolute Gasteiger partial charge is 0.146 e. The highest BCUT2D eigenvalue weighted by molar-refractivity contribution is 5.88. The summed E-state index contributed by atoms with van der Waals surface area (Å²) >= 11 is 0. The van der Waals surface area contributed by atoms with Crippen molar-refractivity contribution in [2.75, 3.05) is 0 Å². The zero-order chi connectivity index (χ0) is 8.39. The van der Waals surface area contributed by atoms with Gasteiger partial charge in [-0.15, -0.1) is 0 Å². The van der Waals surface area contributed by atoms with Crippen molar-refractivity contribution < 1.29 is 4.79 Å². The first kappa shape index (κ1) is 7.53. The number of hydrogen-bond donors (Lipinski definition) is 0. The van der Waals surface area contributed by atoms with Crippen LogP contribution in [-0.2, 0) is 4.79 Å². The van der Waals surface area contributed by atoms with Gasteiger partial charge in [0.1, 0.15) is 5.78 Å². The summed E-state index contributed by atoms with van der Waals surface area (Å²) < 4.78 is 0. The Morgan fingerprint density at radius 1 is 1.00 bits per heavy atom. The minimum absolute atomic E-state index is 0.0347. The maximum absolute atomic E-state index is 11.6. The van der Waals surface area contributed by atoms with E-state index in [0.29, 0.717) is 11.7 Å². The van der Waals surface area contributed by atoms with Crippen LogP contribution in [-0.4, -0.2) is 5.78 Å². The normalized spacial score (nSPS) is 22.7. The lowest BCUT2D eigenvalue weighted by molar-refractivity contribution is -0.121. The van der Waals surface area contributed by atoms with Crippen LogP contribution in [0.15, 0.2) is 36.5 Å². The zero-order valence-corrected chi connectivity index (χ0v) is 6.94. The van der Waals surface area contributed by atoms with E-state index < -0.39 is 0 Å². The predicted molar refractivity (Wildman–Crippen MR) is 48.6 cm³/mol. The summed E-state index contributed by atoms with van der Waals surface area (Å²) in [7, 11) is 0. The predicted octanol–water partition coefficient (Wildman–Crippen LogP) is 2.26. The largest absolute Gasteiger partial charge is 0.298 e. The van der Waals surface area contributed by atoms with Crippen LogP contribution in [0.3, 0.4) is 0 Å². The average Bonchev–Trinajstić information content (AvgIpc) is 2.92. The van der Waals surface area contributed by atoms with Gasteiger partial charge >= 0.3 is 0 Å². The van der Waals surface area contributed by atoms with Crippen molar-refractivity contribution in [2.45, 2.75) is 12.8 Å². The van der Waals surface area contributed by atoms with Crippen molar-refractivity contribution in [2.24, 2.45) is 11.8 Å². The summed E-state index contributed by atoms with van der Waals surface area (Å²) in [5, 5.41) is 0. The van der Waals surface area contributed by atoms with E-state index in [1.807, 2.05) is 36.5 Å². The molecule has 1 heteroatoms. The number of hydrogen-bond acceptors (Lipinski definition) is 1. The summed E-state index contributed by atoms with van der Waals surface area (Å²) in [6.45, 7) is 0. The van der Waals surface area contributed by atoms with Crippen LogP contribution in [0.2, 0.25) is 0 Å². The van der Waals surface area contributed by atoms with Crippen molar-refractivity contribution in [3.05, 3.63) is 36.5 Å². The third-order valence-electron chi connectivity index (χ3n) is 2.28. The molecule has 2 rings (SSSR count). The Labute approximate surface area is 72.5 Å². The Bertz CT molecular complexity index is 251. The fourth-order valence-electron chi connectivity index (χ4n) is 1.39. The molecule has 0 heterocycles. The van der Waals surface area contributed by atoms with Gasteiger partial charge in [-0.05, 0) is 12.8 Å². The van der Waals surface area contributed by atoms with Gasteiger partial charge in [0.15, 0.2) is 0 Å². The Kier molecular flexibility index (Phi) is 1.94. The molecule has 1 nitrogen and oxygen atoms in total. The Morgan fingerprint density at radius 2 is 1.58 bits per heavy atom. The van der Waals surface area contributed by atoms with E-state index in [1.54, 1.807) is 0 Å². The fraction of sp³-hybridized carbons (Fsp3) is 0.364. The second-order valence-electron chi connectivity index (χ2n) is 3.36. The lowest BCUT2D eigenvalue weighted by Crippen LogP contribution is -2.11. The van der Waals surface area contributed by atoms with Crippen LogP contribution in [0, 0.1) is 11.8 Å². The van der Waals surface area contributed by atoms with Crippen LogP contribution in [0.4, 0.5) is 0 Å². The molecular formula is C11H12O. The maximum Gasteiger partial charge on any atom is 0.146 e. The third kappa shape index (κ3) is 1.55. The minimum atomic E-state index is 0.0347. The number of carbonyl (C=O) groups is 1. The second kappa shape index (κ2) is 3.10.